The number of nitrogens with zero attached hydrogens (tertiary/aromatic N) is 1. The quantitative estimate of drug-likeness (QED) is 0.617. The molecule has 0 spiro atoms. The minimum Gasteiger partial charge on any atom is -0.352 e. The molecule has 2 aromatic carbocycles. The molecule has 4 nitrogen and oxygen atoms in total. The molecule has 156 valence electrons. The lowest BCUT2D eigenvalue weighted by Gasteiger charge is -2.29. The first-order chi connectivity index (χ1) is 13.8. The van der Waals surface area contributed by atoms with Crippen molar-refractivity contribution in [3.63, 3.8) is 0 Å². The molecule has 0 radical (unpaired) electrons. The van der Waals surface area contributed by atoms with Crippen LogP contribution < -0.4 is 5.32 Å². The molecule has 1 N–H and O–H groups in total. The van der Waals surface area contributed by atoms with E-state index in [0.717, 1.165) is 11.3 Å². The molecule has 0 fully saturated rings. The van der Waals surface area contributed by atoms with E-state index in [1.54, 1.807) is 29.7 Å². The minimum atomic E-state index is -0.583. The molecule has 2 amide bonds. The highest BCUT2D eigenvalue weighted by Gasteiger charge is 2.26. The zero-order chi connectivity index (χ0) is 21.4. The lowest BCUT2D eigenvalue weighted by atomic mass is 10.1. The maximum Gasteiger partial charge on any atom is 0.242 e. The van der Waals surface area contributed by atoms with Crippen molar-refractivity contribution in [3.8, 4) is 0 Å². The van der Waals surface area contributed by atoms with Crippen molar-refractivity contribution in [2.75, 3.05) is 5.75 Å². The Morgan fingerprint density at radius 3 is 2.48 bits per heavy atom. The Balaban J connectivity index is 2.09. The Kier molecular flexibility index (Phi) is 9.05. The van der Waals surface area contributed by atoms with Crippen LogP contribution >= 0.6 is 23.4 Å². The van der Waals surface area contributed by atoms with Crippen molar-refractivity contribution < 1.29 is 9.59 Å². The standard InChI is InChI=1S/C23H29ClN2O2S/c1-16(2)25-23(28)18(4)26(13-20-10-5-6-11-21(20)24)22(27)15-29-14-19-9-7-8-17(3)12-19/h5-12,16,18H,13-15H2,1-4H3,(H,25,28)/t18-/m1/s1. The van der Waals surface area contributed by atoms with Crippen molar-refractivity contribution in [1.29, 1.82) is 0 Å². The molecule has 2 rings (SSSR count). The number of aryl methyl sites for hydroxylation is 1. The predicted octanol–water partition coefficient (Wildman–Crippen LogP) is 4.82. The Bertz CT molecular complexity index is 841. The van der Waals surface area contributed by atoms with E-state index >= 15 is 0 Å². The van der Waals surface area contributed by atoms with Crippen molar-refractivity contribution in [3.05, 3.63) is 70.2 Å². The van der Waals surface area contributed by atoms with Gasteiger partial charge in [0, 0.05) is 23.4 Å². The third-order valence-corrected chi connectivity index (χ3v) is 5.83. The summed E-state index contributed by atoms with van der Waals surface area (Å²) in [5.74, 6) is 0.815. The number of rotatable bonds is 9. The third kappa shape index (κ3) is 7.41. The molecule has 0 unspecified atom stereocenters. The van der Waals surface area contributed by atoms with Crippen LogP contribution in [0.4, 0.5) is 0 Å². The number of carbonyl (C=O) groups is 2. The van der Waals surface area contributed by atoms with Gasteiger partial charge in [-0.2, -0.15) is 0 Å². The highest BCUT2D eigenvalue weighted by molar-refractivity contribution is 7.99. The van der Waals surface area contributed by atoms with E-state index in [9.17, 15) is 9.59 Å². The molecule has 29 heavy (non-hydrogen) atoms. The first-order valence-corrected chi connectivity index (χ1v) is 11.3. The second kappa shape index (κ2) is 11.3. The molecule has 0 aliphatic rings. The van der Waals surface area contributed by atoms with Crippen molar-refractivity contribution in [1.82, 2.24) is 10.2 Å². The van der Waals surface area contributed by atoms with Crippen LogP contribution in [0.2, 0.25) is 5.02 Å². The van der Waals surface area contributed by atoms with Crippen LogP contribution in [0, 0.1) is 6.92 Å². The fourth-order valence-electron chi connectivity index (χ4n) is 2.94. The molecule has 6 heteroatoms. The average Bonchev–Trinajstić information content (AvgIpc) is 2.66. The molecule has 1 atom stereocenters. The van der Waals surface area contributed by atoms with Crippen molar-refractivity contribution >= 4 is 35.2 Å². The third-order valence-electron chi connectivity index (χ3n) is 4.47. The summed E-state index contributed by atoms with van der Waals surface area (Å²) in [5, 5.41) is 3.49. The van der Waals surface area contributed by atoms with Crippen LogP contribution in [0.25, 0.3) is 0 Å². The molecule has 2 aromatic rings. The lowest BCUT2D eigenvalue weighted by Crippen LogP contribution is -2.49. The van der Waals surface area contributed by atoms with Gasteiger partial charge in [-0.1, -0.05) is 59.6 Å². The molecule has 0 saturated heterocycles. The molecule has 0 aliphatic carbocycles. The molecular formula is C23H29ClN2O2S. The van der Waals surface area contributed by atoms with Gasteiger partial charge in [0.1, 0.15) is 6.04 Å². The number of thioether (sulfide) groups is 1. The number of halogens is 1. The van der Waals surface area contributed by atoms with Crippen LogP contribution in [0.5, 0.6) is 0 Å². The van der Waals surface area contributed by atoms with E-state index in [1.165, 1.54) is 11.1 Å². The van der Waals surface area contributed by atoms with Gasteiger partial charge in [0.25, 0.3) is 0 Å². The fraction of sp³-hybridized carbons (Fsp3) is 0.391. The summed E-state index contributed by atoms with van der Waals surface area (Å²) in [4.78, 5) is 27.2. The van der Waals surface area contributed by atoms with E-state index < -0.39 is 6.04 Å². The first kappa shape index (κ1) is 23.3. The molecule has 0 aromatic heterocycles. The summed E-state index contributed by atoms with van der Waals surface area (Å²) < 4.78 is 0. The van der Waals surface area contributed by atoms with Crippen LogP contribution in [-0.2, 0) is 21.9 Å². The van der Waals surface area contributed by atoms with E-state index in [-0.39, 0.29) is 17.9 Å². The Labute approximate surface area is 183 Å². The first-order valence-electron chi connectivity index (χ1n) is 9.74. The highest BCUT2D eigenvalue weighted by Crippen LogP contribution is 2.20. The SMILES string of the molecule is Cc1cccc(CSCC(=O)N(Cc2ccccc2Cl)[C@H](C)C(=O)NC(C)C)c1. The summed E-state index contributed by atoms with van der Waals surface area (Å²) in [6.07, 6.45) is 0. The van der Waals surface area contributed by atoms with Crippen LogP contribution in [-0.4, -0.2) is 34.6 Å². The average molecular weight is 433 g/mol. The number of benzene rings is 2. The van der Waals surface area contributed by atoms with Gasteiger partial charge in [-0.25, -0.2) is 0 Å². The summed E-state index contributed by atoms with van der Waals surface area (Å²) in [6, 6.07) is 15.1. The number of hydrogen-bond acceptors (Lipinski definition) is 3. The summed E-state index contributed by atoms with van der Waals surface area (Å²) in [7, 11) is 0. The predicted molar refractivity (Wildman–Crippen MR) is 122 cm³/mol. The van der Waals surface area contributed by atoms with Crippen LogP contribution in [0.15, 0.2) is 48.5 Å². The van der Waals surface area contributed by atoms with Gasteiger partial charge in [-0.3, -0.25) is 9.59 Å². The van der Waals surface area contributed by atoms with E-state index in [0.29, 0.717) is 17.3 Å². The highest BCUT2D eigenvalue weighted by atomic mass is 35.5. The Hall–Kier alpha value is -1.98. The minimum absolute atomic E-state index is 0.0120. The Morgan fingerprint density at radius 2 is 1.83 bits per heavy atom. The van der Waals surface area contributed by atoms with Gasteiger partial charge in [-0.05, 0) is 44.9 Å². The zero-order valence-corrected chi connectivity index (χ0v) is 19.0. The van der Waals surface area contributed by atoms with E-state index in [1.807, 2.05) is 38.1 Å². The number of amides is 2. The maximum absolute atomic E-state index is 13.0. The second-order valence-electron chi connectivity index (χ2n) is 7.43. The van der Waals surface area contributed by atoms with Crippen molar-refractivity contribution in [2.24, 2.45) is 0 Å². The summed E-state index contributed by atoms with van der Waals surface area (Å²) in [5.41, 5.74) is 3.22. The Morgan fingerprint density at radius 1 is 1.10 bits per heavy atom. The summed E-state index contributed by atoms with van der Waals surface area (Å²) in [6.45, 7) is 7.93. The molecule has 0 heterocycles. The molecule has 0 aliphatic heterocycles. The molecule has 0 saturated carbocycles. The van der Waals surface area contributed by atoms with Crippen LogP contribution in [0.3, 0.4) is 0 Å². The van der Waals surface area contributed by atoms with E-state index in [2.05, 4.69) is 30.4 Å². The largest absolute Gasteiger partial charge is 0.352 e. The number of carbonyl (C=O) groups excluding carboxylic acids is 2. The topological polar surface area (TPSA) is 49.4 Å². The van der Waals surface area contributed by atoms with Gasteiger partial charge < -0.3 is 10.2 Å². The van der Waals surface area contributed by atoms with Crippen molar-refractivity contribution in [2.45, 2.75) is 52.1 Å². The summed E-state index contributed by atoms with van der Waals surface area (Å²) >= 11 is 7.85. The van der Waals surface area contributed by atoms with E-state index in [4.69, 9.17) is 11.6 Å². The van der Waals surface area contributed by atoms with Gasteiger partial charge in [0.05, 0.1) is 5.75 Å². The number of nitrogens with one attached hydrogen (secondary N) is 1. The normalized spacial score (nSPS) is 11.9. The van der Waals surface area contributed by atoms with Gasteiger partial charge >= 0.3 is 0 Å². The van der Waals surface area contributed by atoms with Crippen LogP contribution in [0.1, 0.15) is 37.5 Å². The monoisotopic (exact) mass is 432 g/mol. The lowest BCUT2D eigenvalue weighted by molar-refractivity contribution is -0.138. The second-order valence-corrected chi connectivity index (χ2v) is 8.83. The zero-order valence-electron chi connectivity index (χ0n) is 17.4. The number of hydrogen-bond donors (Lipinski definition) is 1. The van der Waals surface area contributed by atoms with Gasteiger partial charge in [0.2, 0.25) is 11.8 Å². The molecular weight excluding hydrogens is 404 g/mol. The fourth-order valence-corrected chi connectivity index (χ4v) is 3.99. The smallest absolute Gasteiger partial charge is 0.242 e. The van der Waals surface area contributed by atoms with Gasteiger partial charge in [0.15, 0.2) is 0 Å². The molecule has 0 bridgehead atoms. The van der Waals surface area contributed by atoms with Gasteiger partial charge in [-0.15, -0.1) is 11.8 Å². The maximum atomic E-state index is 13.0.